The summed E-state index contributed by atoms with van der Waals surface area (Å²) in [6, 6.07) is 0. The van der Waals surface area contributed by atoms with Crippen LogP contribution in [0.15, 0.2) is 0 Å². The maximum atomic E-state index is 2.21. The molecule has 38 valence electrons. The first-order chi connectivity index (χ1) is 2.41. The maximum Gasteiger partial charge on any atom is 0.101 e. The predicted octanol–water partition coefficient (Wildman–Crippen LogP) is 0.0132. The third kappa shape index (κ3) is 8.98. The molecule has 0 aromatic rings. The van der Waals surface area contributed by atoms with Gasteiger partial charge in [-0.2, -0.15) is 0 Å². The van der Waals surface area contributed by atoms with Gasteiger partial charge in [0, 0.05) is 0 Å². The van der Waals surface area contributed by atoms with E-state index < -0.39 is 0 Å². The molecular weight excluding hydrogens is 74.9 g/mol. The van der Waals surface area contributed by atoms with Crippen molar-refractivity contribution in [1.82, 2.24) is 0 Å². The van der Waals surface area contributed by atoms with Gasteiger partial charge < -0.3 is 5.48 Å². The summed E-state index contributed by atoms with van der Waals surface area (Å²) < 4.78 is 0. The molecule has 0 atom stereocenters. The Labute approximate surface area is 40.5 Å². The largest absolute Gasteiger partial charge is 0.412 e. The second-order valence-corrected chi connectivity index (χ2v) is 1.35. The zero-order valence-corrected chi connectivity index (χ0v) is 4.62. The molecule has 2 N–H and O–H groups in total. The fourth-order valence-electron chi connectivity index (χ4n) is 0.354. The van der Waals surface area contributed by atoms with Gasteiger partial charge in [-0.1, -0.05) is 26.1 Å². The second kappa shape index (κ2) is 8.90. The molecule has 0 spiro atoms. The highest BCUT2D eigenvalue weighted by Crippen LogP contribution is 1.86. The Balaban J connectivity index is 0. The molecule has 0 bridgehead atoms. The number of rotatable bonds is 2. The molecule has 0 aromatic carbocycles. The summed E-state index contributed by atoms with van der Waals surface area (Å²) in [5.41, 5.74) is 0. The normalized spacial score (nSPS) is 6.83. The SMILES string of the molecule is BCCCC.O. The highest BCUT2D eigenvalue weighted by molar-refractivity contribution is 6.08. The second-order valence-electron chi connectivity index (χ2n) is 1.35. The molecule has 0 saturated heterocycles. The number of hydrogen-bond acceptors (Lipinski definition) is 0. The van der Waals surface area contributed by atoms with Gasteiger partial charge in [-0.05, 0) is 0 Å². The zero-order chi connectivity index (χ0) is 4.12. The van der Waals surface area contributed by atoms with Crippen LogP contribution in [-0.4, -0.2) is 13.3 Å². The Hall–Kier alpha value is 0.0249. The van der Waals surface area contributed by atoms with Gasteiger partial charge in [-0.25, -0.2) is 0 Å². The fraction of sp³-hybridized carbons (Fsp3) is 1.00. The van der Waals surface area contributed by atoms with Crippen LogP contribution in [0.1, 0.15) is 19.8 Å². The van der Waals surface area contributed by atoms with Crippen LogP contribution in [0.5, 0.6) is 0 Å². The lowest BCUT2D eigenvalue weighted by Gasteiger charge is -1.78. The van der Waals surface area contributed by atoms with Crippen molar-refractivity contribution in [1.29, 1.82) is 0 Å². The Bertz CT molecular complexity index is 15.0. The molecule has 0 aliphatic carbocycles. The van der Waals surface area contributed by atoms with Crippen molar-refractivity contribution in [3.8, 4) is 0 Å². The van der Waals surface area contributed by atoms with E-state index in [0.717, 1.165) is 0 Å². The van der Waals surface area contributed by atoms with E-state index in [1.54, 1.807) is 0 Å². The monoisotopic (exact) mass is 88.1 g/mol. The number of hydrogen-bond donors (Lipinski definition) is 0. The molecule has 0 aromatic heterocycles. The van der Waals surface area contributed by atoms with Gasteiger partial charge in [0.1, 0.15) is 7.85 Å². The molecule has 1 nitrogen and oxygen atoms in total. The van der Waals surface area contributed by atoms with Gasteiger partial charge in [0.2, 0.25) is 0 Å². The van der Waals surface area contributed by atoms with Gasteiger partial charge in [0.25, 0.3) is 0 Å². The fourth-order valence-corrected chi connectivity index (χ4v) is 0.354. The zero-order valence-electron chi connectivity index (χ0n) is 4.62. The highest BCUT2D eigenvalue weighted by Gasteiger charge is 1.68. The molecule has 0 heterocycles. The van der Waals surface area contributed by atoms with Crippen LogP contribution in [0.3, 0.4) is 0 Å². The van der Waals surface area contributed by atoms with E-state index in [2.05, 4.69) is 14.8 Å². The molecule has 0 aliphatic heterocycles. The summed E-state index contributed by atoms with van der Waals surface area (Å²) in [5.74, 6) is 0. The van der Waals surface area contributed by atoms with E-state index >= 15 is 0 Å². The van der Waals surface area contributed by atoms with Crippen LogP contribution < -0.4 is 0 Å². The van der Waals surface area contributed by atoms with E-state index in [0.29, 0.717) is 0 Å². The first-order valence-electron chi connectivity index (χ1n) is 2.41. The number of unbranched alkanes of at least 4 members (excludes halogenated alkanes) is 1. The van der Waals surface area contributed by atoms with Crippen LogP contribution >= 0.6 is 0 Å². The van der Waals surface area contributed by atoms with Crippen molar-refractivity contribution < 1.29 is 5.48 Å². The average molecular weight is 88.0 g/mol. The molecular formula is C4H13BO. The third-order valence-electron chi connectivity index (χ3n) is 0.707. The minimum atomic E-state index is 0. The van der Waals surface area contributed by atoms with E-state index in [1.165, 1.54) is 19.2 Å². The lowest BCUT2D eigenvalue weighted by Crippen LogP contribution is -1.63. The Morgan fingerprint density at radius 3 is 2.00 bits per heavy atom. The van der Waals surface area contributed by atoms with Gasteiger partial charge >= 0.3 is 0 Å². The van der Waals surface area contributed by atoms with Crippen molar-refractivity contribution in [2.24, 2.45) is 0 Å². The van der Waals surface area contributed by atoms with Gasteiger partial charge in [0.05, 0.1) is 0 Å². The quantitative estimate of drug-likeness (QED) is 0.426. The summed E-state index contributed by atoms with van der Waals surface area (Å²) in [7, 11) is 2.21. The molecule has 0 aliphatic rings. The summed E-state index contributed by atoms with van der Waals surface area (Å²) in [4.78, 5) is 0. The van der Waals surface area contributed by atoms with Crippen molar-refractivity contribution in [3.63, 3.8) is 0 Å². The molecule has 2 heteroatoms. The first kappa shape index (κ1) is 9.39. The Kier molecular flexibility index (Phi) is 13.9. The predicted molar refractivity (Wildman–Crippen MR) is 31.9 cm³/mol. The van der Waals surface area contributed by atoms with E-state index in [-0.39, 0.29) is 5.48 Å². The summed E-state index contributed by atoms with van der Waals surface area (Å²) in [6.45, 7) is 2.21. The van der Waals surface area contributed by atoms with Gasteiger partial charge in [-0.3, -0.25) is 0 Å². The van der Waals surface area contributed by atoms with Crippen LogP contribution in [-0.2, 0) is 0 Å². The topological polar surface area (TPSA) is 31.5 Å². The molecule has 0 radical (unpaired) electrons. The lowest BCUT2D eigenvalue weighted by atomic mass is 10.0. The molecule has 6 heavy (non-hydrogen) atoms. The van der Waals surface area contributed by atoms with Gasteiger partial charge in [-0.15, -0.1) is 0 Å². The summed E-state index contributed by atoms with van der Waals surface area (Å²) in [5, 5.41) is 0. The first-order valence-corrected chi connectivity index (χ1v) is 2.41. The highest BCUT2D eigenvalue weighted by atomic mass is 16.0. The summed E-state index contributed by atoms with van der Waals surface area (Å²) >= 11 is 0. The van der Waals surface area contributed by atoms with Crippen LogP contribution in [0.2, 0.25) is 6.32 Å². The van der Waals surface area contributed by atoms with Crippen molar-refractivity contribution >= 4 is 7.85 Å². The Morgan fingerprint density at radius 1 is 1.50 bits per heavy atom. The standard InChI is InChI=1S/C4H11B.H2O/c1-2-3-4-5;/h2-5H2,1H3;1H2. The lowest BCUT2D eigenvalue weighted by molar-refractivity contribution is 0.824. The van der Waals surface area contributed by atoms with Crippen LogP contribution in [0.25, 0.3) is 0 Å². The smallest absolute Gasteiger partial charge is 0.101 e. The van der Waals surface area contributed by atoms with E-state index in [9.17, 15) is 0 Å². The van der Waals surface area contributed by atoms with E-state index in [4.69, 9.17) is 0 Å². The third-order valence-corrected chi connectivity index (χ3v) is 0.707. The molecule has 0 unspecified atom stereocenters. The average Bonchev–Trinajstić information content (AvgIpc) is 1.41. The molecule has 0 amide bonds. The van der Waals surface area contributed by atoms with E-state index in [1.807, 2.05) is 0 Å². The van der Waals surface area contributed by atoms with Crippen molar-refractivity contribution in [3.05, 3.63) is 0 Å². The van der Waals surface area contributed by atoms with Crippen molar-refractivity contribution in [2.75, 3.05) is 0 Å². The van der Waals surface area contributed by atoms with Crippen molar-refractivity contribution in [2.45, 2.75) is 26.1 Å². The molecule has 0 rings (SSSR count). The maximum absolute atomic E-state index is 2.21. The molecule has 0 saturated carbocycles. The van der Waals surface area contributed by atoms with Gasteiger partial charge in [0.15, 0.2) is 0 Å². The van der Waals surface area contributed by atoms with Crippen LogP contribution in [0, 0.1) is 0 Å². The van der Waals surface area contributed by atoms with Crippen LogP contribution in [0.4, 0.5) is 0 Å². The molecule has 0 fully saturated rings. The minimum Gasteiger partial charge on any atom is -0.412 e. The summed E-state index contributed by atoms with van der Waals surface area (Å²) in [6.07, 6.45) is 4.08. The Morgan fingerprint density at radius 2 is 2.00 bits per heavy atom. The minimum absolute atomic E-state index is 0.